The molecule has 0 unspecified atom stereocenters. The Hall–Kier alpha value is -3.53. The summed E-state index contributed by atoms with van der Waals surface area (Å²) in [6.07, 6.45) is 3.23. The molecule has 0 amide bonds. The van der Waals surface area contributed by atoms with E-state index in [-0.39, 0.29) is 29.4 Å². The molecular weight excluding hydrogens is 509 g/mol. The summed E-state index contributed by atoms with van der Waals surface area (Å²) in [7, 11) is 2.15. The number of hydrogen-bond donors (Lipinski definition) is 2. The highest BCUT2D eigenvalue weighted by molar-refractivity contribution is 6.01. The first kappa shape index (κ1) is 25.4. The number of piperazine rings is 1. The number of phenols is 1. The van der Waals surface area contributed by atoms with Crippen LogP contribution in [0.3, 0.4) is 0 Å². The van der Waals surface area contributed by atoms with Gasteiger partial charge in [0.25, 0.3) is 0 Å². The number of nitrogens with one attached hydrogen (secondary N) is 1. The molecule has 1 aromatic heterocycles. The number of hydrogen-bond acceptors (Lipinski definition) is 8. The van der Waals surface area contributed by atoms with Crippen LogP contribution in [0.15, 0.2) is 48.5 Å². The van der Waals surface area contributed by atoms with E-state index in [1.807, 2.05) is 30.3 Å². The smallest absolute Gasteiger partial charge is 0.319 e. The van der Waals surface area contributed by atoms with Crippen molar-refractivity contribution in [1.29, 1.82) is 0 Å². The molecule has 3 fully saturated rings. The predicted molar refractivity (Wildman–Crippen MR) is 154 cm³/mol. The van der Waals surface area contributed by atoms with E-state index in [4.69, 9.17) is 14.5 Å². The van der Waals surface area contributed by atoms with E-state index >= 15 is 4.39 Å². The zero-order valence-corrected chi connectivity index (χ0v) is 22.6. The summed E-state index contributed by atoms with van der Waals surface area (Å²) in [5, 5.41) is 16.3. The molecule has 8 nitrogen and oxygen atoms in total. The van der Waals surface area contributed by atoms with Gasteiger partial charge in [-0.15, -0.1) is 0 Å². The molecule has 3 aromatic carbocycles. The average molecular weight is 544 g/mol. The minimum atomic E-state index is -0.450. The second-order valence-corrected chi connectivity index (χ2v) is 11.2. The summed E-state index contributed by atoms with van der Waals surface area (Å²) in [5.74, 6) is 0.323. The van der Waals surface area contributed by atoms with Crippen LogP contribution in [0, 0.1) is 5.82 Å². The predicted octanol–water partition coefficient (Wildman–Crippen LogP) is 4.33. The molecule has 2 N–H and O–H groups in total. The number of aromatic hydroxyl groups is 1. The fourth-order valence-electron chi connectivity index (χ4n) is 6.62. The van der Waals surface area contributed by atoms with Crippen molar-refractivity contribution in [3.05, 3.63) is 54.3 Å². The van der Waals surface area contributed by atoms with E-state index in [1.54, 1.807) is 18.2 Å². The maximum absolute atomic E-state index is 16.6. The van der Waals surface area contributed by atoms with Crippen molar-refractivity contribution < 1.29 is 19.0 Å². The third-order valence-electron chi connectivity index (χ3n) is 8.67. The number of aromatic nitrogens is 2. The third-order valence-corrected chi connectivity index (χ3v) is 8.67. The monoisotopic (exact) mass is 543 g/mol. The van der Waals surface area contributed by atoms with Gasteiger partial charge in [0.1, 0.15) is 17.1 Å². The molecule has 7 rings (SSSR count). The van der Waals surface area contributed by atoms with Gasteiger partial charge in [0.15, 0.2) is 5.82 Å². The quantitative estimate of drug-likeness (QED) is 0.372. The molecule has 3 aliphatic heterocycles. The molecule has 3 saturated heterocycles. The fourth-order valence-corrected chi connectivity index (χ4v) is 6.62. The van der Waals surface area contributed by atoms with Gasteiger partial charge >= 0.3 is 6.01 Å². The van der Waals surface area contributed by atoms with E-state index in [0.717, 1.165) is 43.2 Å². The fraction of sp³-hybridized carbons (Fsp3) is 0.419. The Morgan fingerprint density at radius 3 is 2.67 bits per heavy atom. The summed E-state index contributed by atoms with van der Waals surface area (Å²) < 4.78 is 28.6. The van der Waals surface area contributed by atoms with Crippen molar-refractivity contribution in [3.63, 3.8) is 0 Å². The SMILES string of the molecule is CN1CCC[C@H]1CCOc1nc(N2[C@@H]3CNC[C@H]2COC3)c2ccc(-c3cc(O)cc4ccccc34)c(F)c2n1. The molecule has 0 radical (unpaired) electrons. The normalized spacial score (nSPS) is 23.2. The molecule has 0 aliphatic carbocycles. The van der Waals surface area contributed by atoms with E-state index in [2.05, 4.69) is 27.1 Å². The standard InChI is InChI=1S/C31H34FN5O3/c1-36-11-4-6-20(36)10-12-40-31-34-29-26(30(35-31)37-21-15-33-16-22(37)18-39-17-21)9-8-25(28(29)32)27-14-23(38)13-19-5-2-3-7-24(19)27/h2-3,5,7-9,13-14,20-22,33,38H,4,6,10-12,15-18H2,1H3/t20-,21-,22+/m0/s1. The second-order valence-electron chi connectivity index (χ2n) is 11.2. The highest BCUT2D eigenvalue weighted by Gasteiger charge is 2.37. The van der Waals surface area contributed by atoms with Gasteiger partial charge in [-0.3, -0.25) is 0 Å². The Labute approximate surface area is 232 Å². The third kappa shape index (κ3) is 4.52. The van der Waals surface area contributed by atoms with Crippen molar-refractivity contribution in [2.75, 3.05) is 51.4 Å². The molecule has 4 heterocycles. The topological polar surface area (TPSA) is 83.0 Å². The highest BCUT2D eigenvalue weighted by atomic mass is 19.1. The molecule has 208 valence electrons. The summed E-state index contributed by atoms with van der Waals surface area (Å²) in [6, 6.07) is 15.5. The number of halogens is 1. The molecule has 9 heteroatoms. The maximum Gasteiger partial charge on any atom is 0.319 e. The van der Waals surface area contributed by atoms with Gasteiger partial charge in [-0.1, -0.05) is 30.3 Å². The van der Waals surface area contributed by atoms with Crippen LogP contribution in [0.4, 0.5) is 10.2 Å². The number of fused-ring (bicyclic) bond motifs is 4. The minimum absolute atomic E-state index is 0.0864. The molecule has 2 bridgehead atoms. The van der Waals surface area contributed by atoms with Gasteiger partial charge in [-0.25, -0.2) is 4.39 Å². The molecule has 3 atom stereocenters. The highest BCUT2D eigenvalue weighted by Crippen LogP contribution is 2.39. The van der Waals surface area contributed by atoms with Crippen molar-refractivity contribution in [3.8, 4) is 22.9 Å². The van der Waals surface area contributed by atoms with Crippen molar-refractivity contribution in [2.45, 2.75) is 37.4 Å². The number of likely N-dealkylation sites (tertiary alicyclic amines) is 1. The van der Waals surface area contributed by atoms with Gasteiger partial charge in [-0.2, -0.15) is 9.97 Å². The number of phenolic OH excluding ortho intramolecular Hbond substituents is 1. The van der Waals surface area contributed by atoms with Gasteiger partial charge in [0.05, 0.1) is 31.9 Å². The Morgan fingerprint density at radius 2 is 1.88 bits per heavy atom. The first-order valence-electron chi connectivity index (χ1n) is 14.2. The molecular formula is C31H34FN5O3. The maximum atomic E-state index is 16.6. The van der Waals surface area contributed by atoms with E-state index < -0.39 is 5.82 Å². The largest absolute Gasteiger partial charge is 0.508 e. The summed E-state index contributed by atoms with van der Waals surface area (Å²) >= 11 is 0. The molecule has 4 aromatic rings. The first-order valence-corrected chi connectivity index (χ1v) is 14.2. The lowest BCUT2D eigenvalue weighted by Crippen LogP contribution is -2.64. The van der Waals surface area contributed by atoms with E-state index in [1.165, 1.54) is 6.42 Å². The zero-order valence-electron chi connectivity index (χ0n) is 22.6. The lowest BCUT2D eigenvalue weighted by Gasteiger charge is -2.47. The molecule has 0 spiro atoms. The number of morpholine rings is 1. The van der Waals surface area contributed by atoms with Crippen LogP contribution in [0.1, 0.15) is 19.3 Å². The second kappa shape index (κ2) is 10.5. The first-order chi connectivity index (χ1) is 19.6. The number of nitrogens with zero attached hydrogens (tertiary/aromatic N) is 4. The summed E-state index contributed by atoms with van der Waals surface area (Å²) in [5.41, 5.74) is 1.22. The Kier molecular flexibility index (Phi) is 6.65. The number of anilines is 1. The van der Waals surface area contributed by atoms with Crippen LogP contribution in [-0.4, -0.2) is 84.6 Å². The van der Waals surface area contributed by atoms with Crippen LogP contribution in [-0.2, 0) is 4.74 Å². The number of ether oxygens (including phenoxy) is 2. The van der Waals surface area contributed by atoms with Crippen molar-refractivity contribution in [1.82, 2.24) is 20.2 Å². The minimum Gasteiger partial charge on any atom is -0.508 e. The average Bonchev–Trinajstić information content (AvgIpc) is 3.36. The zero-order chi connectivity index (χ0) is 27.2. The number of rotatable bonds is 6. The van der Waals surface area contributed by atoms with E-state index in [0.29, 0.717) is 48.2 Å². The lowest BCUT2D eigenvalue weighted by molar-refractivity contribution is 0.0523. The van der Waals surface area contributed by atoms with Crippen LogP contribution in [0.25, 0.3) is 32.8 Å². The van der Waals surface area contributed by atoms with Gasteiger partial charge in [-0.05, 0) is 67.4 Å². The number of benzene rings is 3. The van der Waals surface area contributed by atoms with Gasteiger partial charge in [0.2, 0.25) is 0 Å². The van der Waals surface area contributed by atoms with Crippen LogP contribution in [0.2, 0.25) is 0 Å². The summed E-state index contributed by atoms with van der Waals surface area (Å²) in [6.45, 7) is 4.26. The van der Waals surface area contributed by atoms with Crippen molar-refractivity contribution in [2.24, 2.45) is 0 Å². The lowest BCUT2D eigenvalue weighted by atomic mass is 9.96. The molecule has 40 heavy (non-hydrogen) atoms. The Morgan fingerprint density at radius 1 is 1.05 bits per heavy atom. The van der Waals surface area contributed by atoms with Crippen LogP contribution < -0.4 is 15.0 Å². The Bertz CT molecular complexity index is 1540. The van der Waals surface area contributed by atoms with Gasteiger partial charge in [0, 0.05) is 30.1 Å². The van der Waals surface area contributed by atoms with Gasteiger partial charge < -0.3 is 29.7 Å². The molecule has 3 aliphatic rings. The Balaban J connectivity index is 1.34. The van der Waals surface area contributed by atoms with E-state index in [9.17, 15) is 5.11 Å². The summed E-state index contributed by atoms with van der Waals surface area (Å²) in [4.78, 5) is 14.2. The van der Waals surface area contributed by atoms with Crippen LogP contribution in [0.5, 0.6) is 11.8 Å². The van der Waals surface area contributed by atoms with Crippen molar-refractivity contribution >= 4 is 27.5 Å². The molecule has 0 saturated carbocycles. The van der Waals surface area contributed by atoms with Crippen LogP contribution >= 0.6 is 0 Å².